The van der Waals surface area contributed by atoms with Crippen molar-refractivity contribution in [2.24, 2.45) is 0 Å². The van der Waals surface area contributed by atoms with Crippen LogP contribution in [0.25, 0.3) is 0 Å². The maximum Gasteiger partial charge on any atom is 0.447 e. The Kier molecular flexibility index (Phi) is 2.92. The van der Waals surface area contributed by atoms with Crippen molar-refractivity contribution < 1.29 is 28.1 Å². The SMILES string of the molecule is COc1ccccc1C(O)(O)C(F)(F)F. The normalized spacial score (nSPS) is 12.7. The minimum Gasteiger partial charge on any atom is -0.496 e. The molecule has 0 aliphatic rings. The summed E-state index contributed by atoms with van der Waals surface area (Å²) in [5.74, 6) is -4.14. The molecule has 0 unspecified atom stereocenters. The summed E-state index contributed by atoms with van der Waals surface area (Å²) < 4.78 is 41.4. The molecule has 3 nitrogen and oxygen atoms in total. The molecule has 6 heteroatoms. The topological polar surface area (TPSA) is 49.7 Å². The van der Waals surface area contributed by atoms with Crippen LogP contribution < -0.4 is 4.74 Å². The van der Waals surface area contributed by atoms with Crippen molar-refractivity contribution in [1.82, 2.24) is 0 Å². The molecule has 15 heavy (non-hydrogen) atoms. The number of ether oxygens (including phenoxy) is 1. The molecule has 0 saturated carbocycles. The Hall–Kier alpha value is -1.27. The lowest BCUT2D eigenvalue weighted by Gasteiger charge is -2.26. The number of rotatable bonds is 2. The molecule has 0 bridgehead atoms. The molecule has 1 aromatic rings. The first kappa shape index (κ1) is 11.8. The predicted molar refractivity (Wildman–Crippen MR) is 45.2 cm³/mol. The average molecular weight is 222 g/mol. The van der Waals surface area contributed by atoms with Crippen LogP contribution >= 0.6 is 0 Å². The van der Waals surface area contributed by atoms with Gasteiger partial charge < -0.3 is 14.9 Å². The highest BCUT2D eigenvalue weighted by atomic mass is 19.4. The van der Waals surface area contributed by atoms with Gasteiger partial charge in [0.2, 0.25) is 0 Å². The largest absolute Gasteiger partial charge is 0.496 e. The monoisotopic (exact) mass is 222 g/mol. The minimum atomic E-state index is -5.18. The molecule has 0 saturated heterocycles. The first-order chi connectivity index (χ1) is 6.80. The molecule has 84 valence electrons. The second kappa shape index (κ2) is 3.71. The smallest absolute Gasteiger partial charge is 0.447 e. The van der Waals surface area contributed by atoms with E-state index in [1.165, 1.54) is 18.2 Å². The fraction of sp³-hybridized carbons (Fsp3) is 0.333. The summed E-state index contributed by atoms with van der Waals surface area (Å²) in [7, 11) is 1.14. The maximum absolute atomic E-state index is 12.3. The third kappa shape index (κ3) is 2.05. The van der Waals surface area contributed by atoms with Gasteiger partial charge in [-0.25, -0.2) is 0 Å². The van der Waals surface area contributed by atoms with Gasteiger partial charge in [-0.15, -0.1) is 0 Å². The Labute approximate surface area is 83.7 Å². The van der Waals surface area contributed by atoms with Gasteiger partial charge in [-0.2, -0.15) is 13.2 Å². The van der Waals surface area contributed by atoms with Crippen LogP contribution in [0.15, 0.2) is 24.3 Å². The van der Waals surface area contributed by atoms with Crippen molar-refractivity contribution in [1.29, 1.82) is 0 Å². The molecule has 0 spiro atoms. The molecule has 2 N–H and O–H groups in total. The van der Waals surface area contributed by atoms with Gasteiger partial charge in [-0.1, -0.05) is 12.1 Å². The zero-order chi connectivity index (χ0) is 11.7. The van der Waals surface area contributed by atoms with E-state index in [-0.39, 0.29) is 5.75 Å². The Morgan fingerprint density at radius 2 is 1.67 bits per heavy atom. The minimum absolute atomic E-state index is 0.236. The van der Waals surface area contributed by atoms with Crippen molar-refractivity contribution in [3.05, 3.63) is 29.8 Å². The van der Waals surface area contributed by atoms with E-state index in [1.807, 2.05) is 0 Å². The highest BCUT2D eigenvalue weighted by Gasteiger charge is 2.55. The number of alkyl halides is 3. The van der Waals surface area contributed by atoms with Crippen molar-refractivity contribution in [3.63, 3.8) is 0 Å². The Morgan fingerprint density at radius 1 is 1.13 bits per heavy atom. The molecular formula is C9H9F3O3. The fourth-order valence-electron chi connectivity index (χ4n) is 1.09. The van der Waals surface area contributed by atoms with Gasteiger partial charge in [-0.3, -0.25) is 0 Å². The Bertz CT molecular complexity index is 347. The molecule has 0 aliphatic carbocycles. The van der Waals surface area contributed by atoms with Crippen molar-refractivity contribution in [2.75, 3.05) is 7.11 Å². The zero-order valence-corrected chi connectivity index (χ0v) is 7.75. The number of methoxy groups -OCH3 is 1. The molecule has 0 atom stereocenters. The van der Waals surface area contributed by atoms with Crippen LogP contribution in [0.5, 0.6) is 5.75 Å². The quantitative estimate of drug-likeness (QED) is 0.743. The fourth-order valence-corrected chi connectivity index (χ4v) is 1.09. The van der Waals surface area contributed by atoms with E-state index in [9.17, 15) is 13.2 Å². The lowest BCUT2D eigenvalue weighted by Crippen LogP contribution is -2.42. The van der Waals surface area contributed by atoms with Gasteiger partial charge in [0.25, 0.3) is 5.79 Å². The summed E-state index contributed by atoms with van der Waals surface area (Å²) in [5, 5.41) is 18.0. The predicted octanol–water partition coefficient (Wildman–Crippen LogP) is 1.39. The van der Waals surface area contributed by atoms with Gasteiger partial charge in [0.1, 0.15) is 5.75 Å². The first-order valence-corrected chi connectivity index (χ1v) is 3.95. The van der Waals surface area contributed by atoms with Gasteiger partial charge in [0.15, 0.2) is 0 Å². The standard InChI is InChI=1S/C9H9F3O3/c1-15-7-5-3-2-4-6(7)8(13,14)9(10,11)12/h2-5,13-14H,1H3. The molecule has 1 aromatic carbocycles. The van der Waals surface area contributed by atoms with Gasteiger partial charge >= 0.3 is 6.18 Å². The number of hydrogen-bond acceptors (Lipinski definition) is 3. The van der Waals surface area contributed by atoms with E-state index in [4.69, 9.17) is 10.2 Å². The van der Waals surface area contributed by atoms with Crippen LogP contribution in [0.3, 0.4) is 0 Å². The number of hydrogen-bond donors (Lipinski definition) is 2. The van der Waals surface area contributed by atoms with E-state index < -0.39 is 17.5 Å². The summed E-state index contributed by atoms with van der Waals surface area (Å²) >= 11 is 0. The number of aliphatic hydroxyl groups is 2. The lowest BCUT2D eigenvalue weighted by molar-refractivity contribution is -0.358. The van der Waals surface area contributed by atoms with Crippen molar-refractivity contribution >= 4 is 0 Å². The highest BCUT2D eigenvalue weighted by Crippen LogP contribution is 2.40. The summed E-state index contributed by atoms with van der Waals surface area (Å²) in [6, 6.07) is 4.83. The van der Waals surface area contributed by atoms with Crippen LogP contribution in [0.1, 0.15) is 5.56 Å². The van der Waals surface area contributed by atoms with Crippen LogP contribution in [0.2, 0.25) is 0 Å². The number of benzene rings is 1. The maximum atomic E-state index is 12.3. The van der Waals surface area contributed by atoms with Gasteiger partial charge in [0.05, 0.1) is 12.7 Å². The average Bonchev–Trinajstić information content (AvgIpc) is 2.16. The molecule has 0 aromatic heterocycles. The number of halogens is 3. The second-order valence-electron chi connectivity index (χ2n) is 2.87. The highest BCUT2D eigenvalue weighted by molar-refractivity contribution is 5.37. The lowest BCUT2D eigenvalue weighted by atomic mass is 10.0. The summed E-state index contributed by atoms with van der Waals surface area (Å²) in [4.78, 5) is 0. The van der Waals surface area contributed by atoms with Crippen LogP contribution in [-0.4, -0.2) is 23.5 Å². The third-order valence-electron chi connectivity index (χ3n) is 1.88. The van der Waals surface area contributed by atoms with E-state index in [2.05, 4.69) is 4.74 Å². The molecular weight excluding hydrogens is 213 g/mol. The van der Waals surface area contributed by atoms with Crippen molar-refractivity contribution in [2.45, 2.75) is 12.0 Å². The van der Waals surface area contributed by atoms with Crippen LogP contribution in [-0.2, 0) is 5.79 Å². The van der Waals surface area contributed by atoms with E-state index in [1.54, 1.807) is 0 Å². The molecule has 1 rings (SSSR count). The van der Waals surface area contributed by atoms with Crippen LogP contribution in [0.4, 0.5) is 13.2 Å². The van der Waals surface area contributed by atoms with Crippen molar-refractivity contribution in [3.8, 4) is 5.75 Å². The molecule has 0 fully saturated rings. The van der Waals surface area contributed by atoms with E-state index >= 15 is 0 Å². The van der Waals surface area contributed by atoms with E-state index in [0.717, 1.165) is 13.2 Å². The van der Waals surface area contributed by atoms with Gasteiger partial charge in [0, 0.05) is 0 Å². The van der Waals surface area contributed by atoms with Gasteiger partial charge in [-0.05, 0) is 12.1 Å². The second-order valence-corrected chi connectivity index (χ2v) is 2.87. The molecule has 0 amide bonds. The van der Waals surface area contributed by atoms with E-state index in [0.29, 0.717) is 0 Å². The Balaban J connectivity index is 3.26. The zero-order valence-electron chi connectivity index (χ0n) is 7.75. The number of para-hydroxylation sites is 1. The third-order valence-corrected chi connectivity index (χ3v) is 1.88. The molecule has 0 heterocycles. The molecule has 0 aliphatic heterocycles. The summed E-state index contributed by atoms with van der Waals surface area (Å²) in [6.45, 7) is 0. The Morgan fingerprint density at radius 3 is 2.13 bits per heavy atom. The van der Waals surface area contributed by atoms with Crippen LogP contribution in [0, 0.1) is 0 Å². The first-order valence-electron chi connectivity index (χ1n) is 3.95. The summed E-state index contributed by atoms with van der Waals surface area (Å²) in [5.41, 5.74) is -0.736. The molecule has 0 radical (unpaired) electrons. The summed E-state index contributed by atoms with van der Waals surface area (Å²) in [6.07, 6.45) is -5.18.